The second-order valence-electron chi connectivity index (χ2n) is 6.25. The number of hydrogen-bond acceptors (Lipinski definition) is 4. The number of carbonyl (C=O) groups excluding carboxylic acids is 1. The van der Waals surface area contributed by atoms with E-state index in [2.05, 4.69) is 5.32 Å². The van der Waals surface area contributed by atoms with Gasteiger partial charge in [0, 0.05) is 25.2 Å². The Morgan fingerprint density at radius 2 is 1.78 bits per heavy atom. The van der Waals surface area contributed by atoms with Crippen LogP contribution in [0, 0.1) is 0 Å². The summed E-state index contributed by atoms with van der Waals surface area (Å²) < 4.78 is 30.6. The lowest BCUT2D eigenvalue weighted by Gasteiger charge is -2.20. The summed E-state index contributed by atoms with van der Waals surface area (Å²) in [5.41, 5.74) is 2.65. The Morgan fingerprint density at radius 3 is 2.37 bits per heavy atom. The highest BCUT2D eigenvalue weighted by Crippen LogP contribution is 2.17. The van der Waals surface area contributed by atoms with Crippen molar-refractivity contribution < 1.29 is 17.9 Å². The van der Waals surface area contributed by atoms with Crippen molar-refractivity contribution in [1.29, 1.82) is 0 Å². The zero-order valence-corrected chi connectivity index (χ0v) is 16.8. The maximum atomic E-state index is 12.3. The molecule has 6 nitrogen and oxygen atoms in total. The number of anilines is 1. The lowest BCUT2D eigenvalue weighted by atomic mass is 10.1. The summed E-state index contributed by atoms with van der Waals surface area (Å²) in [6.07, 6.45) is 2.05. The average molecular weight is 391 g/mol. The number of sulfonamides is 1. The summed E-state index contributed by atoms with van der Waals surface area (Å²) in [6.45, 7) is 2.35. The maximum Gasteiger partial charge on any atom is 0.225 e. The van der Waals surface area contributed by atoms with Crippen LogP contribution in [0.3, 0.4) is 0 Å². The Labute approximate surface area is 161 Å². The van der Waals surface area contributed by atoms with Gasteiger partial charge in [0.2, 0.25) is 15.9 Å². The fourth-order valence-corrected chi connectivity index (χ4v) is 3.49. The van der Waals surface area contributed by atoms with Crippen LogP contribution in [0.1, 0.15) is 24.5 Å². The predicted octanol–water partition coefficient (Wildman–Crippen LogP) is 3.05. The van der Waals surface area contributed by atoms with Crippen molar-refractivity contribution in [1.82, 2.24) is 4.31 Å². The number of benzene rings is 2. The van der Waals surface area contributed by atoms with Gasteiger partial charge in [-0.2, -0.15) is 4.31 Å². The lowest BCUT2D eigenvalue weighted by molar-refractivity contribution is -0.116. The van der Waals surface area contributed by atoms with Crippen molar-refractivity contribution in [3.63, 3.8) is 0 Å². The Bertz CT molecular complexity index is 864. The number of ether oxygens (including phenoxy) is 1. The Balaban J connectivity index is 2.00. The molecule has 0 saturated carbocycles. The van der Waals surface area contributed by atoms with Crippen LogP contribution in [0.15, 0.2) is 48.5 Å². The molecule has 0 aliphatic rings. The van der Waals surface area contributed by atoms with E-state index >= 15 is 0 Å². The van der Waals surface area contributed by atoms with Crippen LogP contribution in [0.25, 0.3) is 0 Å². The molecule has 0 atom stereocenters. The van der Waals surface area contributed by atoms with E-state index in [0.717, 1.165) is 29.5 Å². The molecular formula is C20H26N2O4S. The van der Waals surface area contributed by atoms with Crippen molar-refractivity contribution in [3.8, 4) is 5.75 Å². The Morgan fingerprint density at radius 1 is 1.11 bits per heavy atom. The normalized spacial score (nSPS) is 11.4. The van der Waals surface area contributed by atoms with Gasteiger partial charge in [-0.15, -0.1) is 0 Å². The van der Waals surface area contributed by atoms with Gasteiger partial charge < -0.3 is 10.1 Å². The second kappa shape index (κ2) is 9.53. The number of aryl methyl sites for hydroxylation is 1. The highest BCUT2D eigenvalue weighted by molar-refractivity contribution is 7.88. The van der Waals surface area contributed by atoms with Gasteiger partial charge in [-0.25, -0.2) is 8.42 Å². The van der Waals surface area contributed by atoms with Gasteiger partial charge in [-0.05, 0) is 35.7 Å². The lowest BCUT2D eigenvalue weighted by Crippen LogP contribution is -2.32. The molecule has 0 unspecified atom stereocenters. The molecule has 0 fully saturated rings. The zero-order chi connectivity index (χ0) is 19.9. The first-order valence-electron chi connectivity index (χ1n) is 8.79. The number of hydrogen-bond donors (Lipinski definition) is 1. The summed E-state index contributed by atoms with van der Waals surface area (Å²) in [6, 6.07) is 14.8. The van der Waals surface area contributed by atoms with Crippen molar-refractivity contribution in [3.05, 3.63) is 59.7 Å². The van der Waals surface area contributed by atoms with E-state index in [9.17, 15) is 13.2 Å². The van der Waals surface area contributed by atoms with Crippen LogP contribution in [0.4, 0.5) is 5.69 Å². The van der Waals surface area contributed by atoms with Gasteiger partial charge in [0.25, 0.3) is 0 Å². The summed E-state index contributed by atoms with van der Waals surface area (Å²) in [7, 11) is -1.86. The van der Waals surface area contributed by atoms with Crippen LogP contribution in [-0.4, -0.2) is 38.5 Å². The van der Waals surface area contributed by atoms with Gasteiger partial charge in [0.05, 0.1) is 13.4 Å². The van der Waals surface area contributed by atoms with Gasteiger partial charge in [0.15, 0.2) is 0 Å². The summed E-state index contributed by atoms with van der Waals surface area (Å²) in [5, 5.41) is 2.87. The van der Waals surface area contributed by atoms with E-state index in [0.29, 0.717) is 5.75 Å². The van der Waals surface area contributed by atoms with Gasteiger partial charge in [0.1, 0.15) is 5.75 Å². The molecule has 0 aliphatic heterocycles. The van der Waals surface area contributed by atoms with E-state index < -0.39 is 10.0 Å². The Hall–Kier alpha value is -2.38. The highest BCUT2D eigenvalue weighted by Gasteiger charge is 2.18. The quantitative estimate of drug-likeness (QED) is 0.714. The topological polar surface area (TPSA) is 75.7 Å². The number of para-hydroxylation sites is 1. The standard InChI is InChI=1S/C20H26N2O4S/c1-4-17-7-5-6-8-19(17)21-20(23)13-14-22(27(3,24)25)15-16-9-11-18(26-2)12-10-16/h5-12H,4,13-15H2,1-3H3,(H,21,23). The van der Waals surface area contributed by atoms with E-state index in [-0.39, 0.29) is 25.4 Å². The minimum absolute atomic E-state index is 0.0846. The first-order chi connectivity index (χ1) is 12.8. The fraction of sp³-hybridized carbons (Fsp3) is 0.350. The van der Waals surface area contributed by atoms with E-state index in [1.807, 2.05) is 43.3 Å². The minimum atomic E-state index is -3.44. The summed E-state index contributed by atoms with van der Waals surface area (Å²) in [4.78, 5) is 12.3. The average Bonchev–Trinajstić information content (AvgIpc) is 2.65. The molecule has 0 bridgehead atoms. The molecule has 0 radical (unpaired) electrons. The van der Waals surface area contributed by atoms with Crippen molar-refractivity contribution in [2.75, 3.05) is 25.2 Å². The van der Waals surface area contributed by atoms with Crippen LogP contribution < -0.4 is 10.1 Å². The molecule has 0 aromatic heterocycles. The fourth-order valence-electron chi connectivity index (χ4n) is 2.69. The summed E-state index contributed by atoms with van der Waals surface area (Å²) in [5.74, 6) is 0.498. The number of carbonyl (C=O) groups is 1. The molecule has 1 amide bonds. The molecule has 2 aromatic rings. The molecule has 0 saturated heterocycles. The van der Waals surface area contributed by atoms with E-state index in [1.165, 1.54) is 4.31 Å². The molecule has 2 aromatic carbocycles. The van der Waals surface area contributed by atoms with Gasteiger partial charge in [-0.3, -0.25) is 4.79 Å². The molecule has 27 heavy (non-hydrogen) atoms. The number of rotatable bonds is 9. The molecule has 0 spiro atoms. The SMILES string of the molecule is CCc1ccccc1NC(=O)CCN(Cc1ccc(OC)cc1)S(C)(=O)=O. The number of amides is 1. The minimum Gasteiger partial charge on any atom is -0.497 e. The molecule has 146 valence electrons. The second-order valence-corrected chi connectivity index (χ2v) is 8.24. The Kier molecular flexibility index (Phi) is 7.38. The third-order valence-electron chi connectivity index (χ3n) is 4.25. The first-order valence-corrected chi connectivity index (χ1v) is 10.6. The zero-order valence-electron chi connectivity index (χ0n) is 15.9. The predicted molar refractivity (Wildman–Crippen MR) is 107 cm³/mol. The summed E-state index contributed by atoms with van der Waals surface area (Å²) >= 11 is 0. The van der Waals surface area contributed by atoms with Gasteiger partial charge >= 0.3 is 0 Å². The van der Waals surface area contributed by atoms with Crippen LogP contribution >= 0.6 is 0 Å². The number of nitrogens with one attached hydrogen (secondary N) is 1. The molecule has 7 heteroatoms. The number of nitrogens with zero attached hydrogens (tertiary/aromatic N) is 1. The van der Waals surface area contributed by atoms with E-state index in [4.69, 9.17) is 4.74 Å². The molecule has 0 heterocycles. The maximum absolute atomic E-state index is 12.3. The van der Waals surface area contributed by atoms with Crippen molar-refractivity contribution >= 4 is 21.6 Å². The van der Waals surface area contributed by atoms with Gasteiger partial charge in [-0.1, -0.05) is 37.3 Å². The molecule has 2 rings (SSSR count). The number of methoxy groups -OCH3 is 1. The van der Waals surface area contributed by atoms with Crippen LogP contribution in [-0.2, 0) is 27.8 Å². The largest absolute Gasteiger partial charge is 0.497 e. The van der Waals surface area contributed by atoms with E-state index in [1.54, 1.807) is 19.2 Å². The smallest absolute Gasteiger partial charge is 0.225 e. The van der Waals surface area contributed by atoms with Crippen molar-refractivity contribution in [2.45, 2.75) is 26.3 Å². The highest BCUT2D eigenvalue weighted by atomic mass is 32.2. The van der Waals surface area contributed by atoms with Crippen LogP contribution in [0.5, 0.6) is 5.75 Å². The van der Waals surface area contributed by atoms with Crippen molar-refractivity contribution in [2.24, 2.45) is 0 Å². The van der Waals surface area contributed by atoms with Crippen LogP contribution in [0.2, 0.25) is 0 Å². The third kappa shape index (κ3) is 6.37. The molecular weight excluding hydrogens is 364 g/mol. The third-order valence-corrected chi connectivity index (χ3v) is 5.50. The molecule has 1 N–H and O–H groups in total. The molecule has 0 aliphatic carbocycles. The monoisotopic (exact) mass is 390 g/mol. The first kappa shape index (κ1) is 20.9.